The lowest BCUT2D eigenvalue weighted by molar-refractivity contribution is 0.472. The van der Waals surface area contributed by atoms with Crippen LogP contribution in [0.5, 0.6) is 11.5 Å². The summed E-state index contributed by atoms with van der Waals surface area (Å²) in [5.74, 6) is 1.64. The Bertz CT molecular complexity index is 564. The number of rotatable bonds is 5. The van der Waals surface area contributed by atoms with E-state index in [0.29, 0.717) is 0 Å². The average Bonchev–Trinajstić information content (AvgIpc) is 2.49. The molecule has 2 aromatic rings. The summed E-state index contributed by atoms with van der Waals surface area (Å²) in [6.45, 7) is 6.16. The molecule has 0 amide bonds. The second-order valence-corrected chi connectivity index (χ2v) is 4.94. The van der Waals surface area contributed by atoms with Gasteiger partial charge in [0.05, 0.1) is 5.69 Å². The molecule has 106 valence electrons. The molecule has 0 spiro atoms. The van der Waals surface area contributed by atoms with Crippen LogP contribution < -0.4 is 10.5 Å². The average molecular weight is 270 g/mol. The van der Waals surface area contributed by atoms with E-state index >= 15 is 0 Å². The smallest absolute Gasteiger partial charge is 0.148 e. The molecule has 0 fully saturated rings. The Labute approximate surface area is 120 Å². The predicted octanol–water partition coefficient (Wildman–Crippen LogP) is 4.15. The van der Waals surface area contributed by atoms with Crippen LogP contribution in [0.25, 0.3) is 0 Å². The Morgan fingerprint density at radius 2 is 1.80 bits per heavy atom. The van der Waals surface area contributed by atoms with E-state index in [2.05, 4.69) is 18.8 Å². The van der Waals surface area contributed by atoms with Crippen molar-refractivity contribution in [2.75, 3.05) is 0 Å². The molecule has 2 rings (SSSR count). The molecule has 0 aliphatic rings. The number of aromatic nitrogens is 1. The molecule has 0 saturated carbocycles. The first-order chi connectivity index (χ1) is 9.63. The Morgan fingerprint density at radius 1 is 1.10 bits per heavy atom. The highest BCUT2D eigenvalue weighted by Crippen LogP contribution is 2.26. The molecule has 3 heteroatoms. The van der Waals surface area contributed by atoms with Gasteiger partial charge in [0.1, 0.15) is 11.5 Å². The fourth-order valence-corrected chi connectivity index (χ4v) is 2.09. The van der Waals surface area contributed by atoms with Gasteiger partial charge in [-0.1, -0.05) is 26.0 Å². The van der Waals surface area contributed by atoms with Crippen LogP contribution in [0.15, 0.2) is 36.4 Å². The van der Waals surface area contributed by atoms with Crippen LogP contribution in [0, 0.1) is 6.92 Å². The van der Waals surface area contributed by atoms with Gasteiger partial charge in [0.15, 0.2) is 0 Å². The van der Waals surface area contributed by atoms with Gasteiger partial charge in [-0.3, -0.25) is 4.98 Å². The third-order valence-electron chi connectivity index (χ3n) is 3.38. The Morgan fingerprint density at radius 3 is 2.40 bits per heavy atom. The van der Waals surface area contributed by atoms with Crippen LogP contribution in [0.1, 0.15) is 43.3 Å². The monoisotopic (exact) mass is 270 g/mol. The number of hydrogen-bond acceptors (Lipinski definition) is 3. The third kappa shape index (κ3) is 3.36. The molecule has 0 saturated heterocycles. The van der Waals surface area contributed by atoms with E-state index in [1.165, 1.54) is 0 Å². The summed E-state index contributed by atoms with van der Waals surface area (Å²) in [4.78, 5) is 4.50. The molecule has 0 bridgehead atoms. The van der Waals surface area contributed by atoms with E-state index in [9.17, 15) is 0 Å². The highest BCUT2D eigenvalue weighted by atomic mass is 16.5. The van der Waals surface area contributed by atoms with Crippen molar-refractivity contribution in [2.45, 2.75) is 39.7 Å². The number of ether oxygens (including phenoxy) is 1. The van der Waals surface area contributed by atoms with Crippen molar-refractivity contribution < 1.29 is 4.74 Å². The lowest BCUT2D eigenvalue weighted by atomic mass is 10.1. The van der Waals surface area contributed by atoms with Gasteiger partial charge in [-0.05, 0) is 49.6 Å². The van der Waals surface area contributed by atoms with Gasteiger partial charge < -0.3 is 10.5 Å². The largest absolute Gasteiger partial charge is 0.455 e. The standard InChI is InChI=1S/C17H22N2O/c1-4-15(18)13-7-9-14(10-8-13)20-17-11-6-12(3)19-16(17)5-2/h6-11,15H,4-5,18H2,1-3H3/t15-/m0/s1. The molecule has 3 nitrogen and oxygen atoms in total. The molecule has 0 aliphatic carbocycles. The fourth-order valence-electron chi connectivity index (χ4n) is 2.09. The molecule has 2 N–H and O–H groups in total. The molecule has 0 aliphatic heterocycles. The molecular formula is C17H22N2O. The summed E-state index contributed by atoms with van der Waals surface area (Å²) in [5.41, 5.74) is 9.14. The van der Waals surface area contributed by atoms with Gasteiger partial charge in [-0.2, -0.15) is 0 Å². The van der Waals surface area contributed by atoms with Gasteiger partial charge >= 0.3 is 0 Å². The Hall–Kier alpha value is -1.87. The first kappa shape index (κ1) is 14.5. The molecule has 0 unspecified atom stereocenters. The van der Waals surface area contributed by atoms with Crippen molar-refractivity contribution in [2.24, 2.45) is 5.73 Å². The van der Waals surface area contributed by atoms with Crippen molar-refractivity contribution in [3.05, 3.63) is 53.3 Å². The van der Waals surface area contributed by atoms with Gasteiger partial charge in [-0.25, -0.2) is 0 Å². The van der Waals surface area contributed by atoms with Gasteiger partial charge in [0, 0.05) is 11.7 Å². The molecular weight excluding hydrogens is 248 g/mol. The highest BCUT2D eigenvalue weighted by molar-refractivity contribution is 5.36. The van der Waals surface area contributed by atoms with Crippen molar-refractivity contribution >= 4 is 0 Å². The minimum absolute atomic E-state index is 0.0938. The van der Waals surface area contributed by atoms with Crippen molar-refractivity contribution in [3.63, 3.8) is 0 Å². The maximum absolute atomic E-state index is 6.01. The Kier molecular flexibility index (Phi) is 4.74. The number of nitrogens with zero attached hydrogens (tertiary/aromatic N) is 1. The summed E-state index contributed by atoms with van der Waals surface area (Å²) in [6, 6.07) is 12.0. The summed E-state index contributed by atoms with van der Waals surface area (Å²) in [7, 11) is 0. The normalized spacial score (nSPS) is 12.2. The van der Waals surface area contributed by atoms with Crippen molar-refractivity contribution in [1.29, 1.82) is 0 Å². The number of aryl methyl sites for hydroxylation is 2. The molecule has 1 aromatic carbocycles. The lowest BCUT2D eigenvalue weighted by Crippen LogP contribution is -2.08. The minimum atomic E-state index is 0.0938. The number of hydrogen-bond donors (Lipinski definition) is 1. The summed E-state index contributed by atoms with van der Waals surface area (Å²) >= 11 is 0. The first-order valence-corrected chi connectivity index (χ1v) is 7.14. The second kappa shape index (κ2) is 6.53. The SMILES string of the molecule is CCc1nc(C)ccc1Oc1ccc([C@@H](N)CC)cc1. The highest BCUT2D eigenvalue weighted by Gasteiger charge is 2.07. The number of pyridine rings is 1. The van der Waals surface area contributed by atoms with E-state index in [1.807, 2.05) is 43.3 Å². The fraction of sp³-hybridized carbons (Fsp3) is 0.353. The zero-order valence-electron chi connectivity index (χ0n) is 12.4. The van der Waals surface area contributed by atoms with Crippen LogP contribution in [0.3, 0.4) is 0 Å². The summed E-state index contributed by atoms with van der Waals surface area (Å²) < 4.78 is 5.92. The molecule has 1 atom stereocenters. The lowest BCUT2D eigenvalue weighted by Gasteiger charge is -2.12. The quantitative estimate of drug-likeness (QED) is 0.887. The maximum Gasteiger partial charge on any atom is 0.148 e. The summed E-state index contributed by atoms with van der Waals surface area (Å²) in [6.07, 6.45) is 1.79. The van der Waals surface area contributed by atoms with E-state index in [1.54, 1.807) is 0 Å². The van der Waals surface area contributed by atoms with Gasteiger partial charge in [-0.15, -0.1) is 0 Å². The molecule has 1 aromatic heterocycles. The summed E-state index contributed by atoms with van der Waals surface area (Å²) in [5, 5.41) is 0. The maximum atomic E-state index is 6.01. The van der Waals surface area contributed by atoms with Gasteiger partial charge in [0.2, 0.25) is 0 Å². The van der Waals surface area contributed by atoms with E-state index in [4.69, 9.17) is 10.5 Å². The van der Waals surface area contributed by atoms with Crippen LogP contribution >= 0.6 is 0 Å². The van der Waals surface area contributed by atoms with E-state index in [0.717, 1.165) is 41.3 Å². The molecule has 1 heterocycles. The zero-order valence-corrected chi connectivity index (χ0v) is 12.4. The van der Waals surface area contributed by atoms with Crippen LogP contribution in [-0.2, 0) is 6.42 Å². The first-order valence-electron chi connectivity index (χ1n) is 7.14. The Balaban J connectivity index is 2.18. The number of benzene rings is 1. The van der Waals surface area contributed by atoms with Crippen LogP contribution in [-0.4, -0.2) is 4.98 Å². The number of nitrogens with two attached hydrogens (primary N) is 1. The van der Waals surface area contributed by atoms with E-state index in [-0.39, 0.29) is 6.04 Å². The van der Waals surface area contributed by atoms with Crippen LogP contribution in [0.4, 0.5) is 0 Å². The molecule has 20 heavy (non-hydrogen) atoms. The van der Waals surface area contributed by atoms with Crippen molar-refractivity contribution in [1.82, 2.24) is 4.98 Å². The van der Waals surface area contributed by atoms with Gasteiger partial charge in [0.25, 0.3) is 0 Å². The van der Waals surface area contributed by atoms with Crippen LogP contribution in [0.2, 0.25) is 0 Å². The topological polar surface area (TPSA) is 48.1 Å². The third-order valence-corrected chi connectivity index (χ3v) is 3.38. The zero-order chi connectivity index (χ0) is 14.5. The van der Waals surface area contributed by atoms with Crippen molar-refractivity contribution in [3.8, 4) is 11.5 Å². The predicted molar refractivity (Wildman–Crippen MR) is 82.1 cm³/mol. The van der Waals surface area contributed by atoms with E-state index < -0.39 is 0 Å². The molecule has 0 radical (unpaired) electrons. The second-order valence-electron chi connectivity index (χ2n) is 4.94. The minimum Gasteiger partial charge on any atom is -0.455 e.